The fourth-order valence-corrected chi connectivity index (χ4v) is 1.69. The van der Waals surface area contributed by atoms with Crippen LogP contribution < -0.4 is 10.6 Å². The van der Waals surface area contributed by atoms with Crippen molar-refractivity contribution in [3.8, 4) is 0 Å². The van der Waals surface area contributed by atoms with Crippen molar-refractivity contribution < 1.29 is 14.3 Å². The average Bonchev–Trinajstić information content (AvgIpc) is 2.31. The van der Waals surface area contributed by atoms with Gasteiger partial charge in [-0.05, 0) is 19.8 Å². The molecule has 1 unspecified atom stereocenters. The second-order valence-corrected chi connectivity index (χ2v) is 4.39. The number of carbonyl (C=O) groups excluding carboxylic acids is 2. The summed E-state index contributed by atoms with van der Waals surface area (Å²) in [6, 6.07) is -0.377. The lowest BCUT2D eigenvalue weighted by atomic mass is 10.1. The van der Waals surface area contributed by atoms with Crippen molar-refractivity contribution in [2.24, 2.45) is 0 Å². The minimum absolute atomic E-state index is 0.0372. The average molecular weight is 242 g/mol. The third-order valence-corrected chi connectivity index (χ3v) is 2.84. The highest BCUT2D eigenvalue weighted by Crippen LogP contribution is 2.06. The molecule has 1 aliphatic heterocycles. The quantitative estimate of drug-likeness (QED) is 0.620. The molecule has 0 aromatic heterocycles. The Balaban J connectivity index is 2.35. The molecular weight excluding hydrogens is 220 g/mol. The predicted molar refractivity (Wildman–Crippen MR) is 64.3 cm³/mol. The summed E-state index contributed by atoms with van der Waals surface area (Å²) in [6.07, 6.45) is 5.62. The molecule has 0 aliphatic carbocycles. The molecule has 1 saturated heterocycles. The molecule has 0 aromatic carbocycles. The summed E-state index contributed by atoms with van der Waals surface area (Å²) in [7, 11) is 0. The Morgan fingerprint density at radius 2 is 1.82 bits per heavy atom. The summed E-state index contributed by atoms with van der Waals surface area (Å²) in [4.78, 5) is 22.8. The van der Waals surface area contributed by atoms with Crippen molar-refractivity contribution in [1.29, 1.82) is 0 Å². The monoisotopic (exact) mass is 242 g/mol. The first-order chi connectivity index (χ1) is 8.20. The Labute approximate surface area is 102 Å². The molecule has 1 rings (SSSR count). The van der Waals surface area contributed by atoms with Gasteiger partial charge in [-0.15, -0.1) is 0 Å². The molecule has 2 N–H and O–H groups in total. The Morgan fingerprint density at radius 3 is 2.65 bits per heavy atom. The molecule has 0 radical (unpaired) electrons. The summed E-state index contributed by atoms with van der Waals surface area (Å²) >= 11 is 0. The van der Waals surface area contributed by atoms with Crippen LogP contribution in [0.3, 0.4) is 0 Å². The van der Waals surface area contributed by atoms with Gasteiger partial charge < -0.3 is 10.1 Å². The van der Waals surface area contributed by atoms with E-state index in [1.54, 1.807) is 6.92 Å². The standard InChI is InChI=1S/C12H22N2O3/c1-10-12(16)17-8-6-4-2-3-5-7-11(15)14-9-13-10/h10,13H,2-9H2,1H3,(H,14,15). The van der Waals surface area contributed by atoms with Crippen LogP contribution in [0.1, 0.15) is 45.4 Å². The largest absolute Gasteiger partial charge is 0.465 e. The highest BCUT2D eigenvalue weighted by atomic mass is 16.5. The molecular formula is C12H22N2O3. The maximum Gasteiger partial charge on any atom is 0.322 e. The lowest BCUT2D eigenvalue weighted by molar-refractivity contribution is -0.146. The number of amides is 1. The van der Waals surface area contributed by atoms with E-state index in [0.717, 1.165) is 32.1 Å². The van der Waals surface area contributed by atoms with Gasteiger partial charge in [0.2, 0.25) is 5.91 Å². The number of carbonyl (C=O) groups is 2. The molecule has 0 saturated carbocycles. The van der Waals surface area contributed by atoms with E-state index in [9.17, 15) is 9.59 Å². The van der Waals surface area contributed by atoms with E-state index in [2.05, 4.69) is 10.6 Å². The first-order valence-electron chi connectivity index (χ1n) is 6.37. The van der Waals surface area contributed by atoms with Gasteiger partial charge in [0, 0.05) is 6.42 Å². The van der Waals surface area contributed by atoms with Gasteiger partial charge in [-0.2, -0.15) is 0 Å². The van der Waals surface area contributed by atoms with Crippen LogP contribution >= 0.6 is 0 Å². The zero-order valence-electron chi connectivity index (χ0n) is 10.5. The van der Waals surface area contributed by atoms with Crippen LogP contribution in [0.4, 0.5) is 0 Å². The van der Waals surface area contributed by atoms with E-state index in [-0.39, 0.29) is 17.9 Å². The Morgan fingerprint density at radius 1 is 1.12 bits per heavy atom. The van der Waals surface area contributed by atoms with Gasteiger partial charge in [-0.25, -0.2) is 0 Å². The first-order valence-corrected chi connectivity index (χ1v) is 6.37. The summed E-state index contributed by atoms with van der Waals surface area (Å²) in [6.45, 7) is 2.55. The van der Waals surface area contributed by atoms with E-state index in [1.807, 2.05) is 0 Å². The van der Waals surface area contributed by atoms with Gasteiger partial charge in [-0.1, -0.05) is 19.3 Å². The second kappa shape index (κ2) is 8.06. The van der Waals surface area contributed by atoms with E-state index < -0.39 is 0 Å². The molecule has 0 bridgehead atoms. The highest BCUT2D eigenvalue weighted by molar-refractivity contribution is 5.76. The Bertz CT molecular complexity index is 256. The SMILES string of the molecule is CC1NCNC(=O)CCCCCCCOC1=O. The molecule has 1 amide bonds. The van der Waals surface area contributed by atoms with Gasteiger partial charge >= 0.3 is 5.97 Å². The zero-order chi connectivity index (χ0) is 12.5. The smallest absolute Gasteiger partial charge is 0.322 e. The Hall–Kier alpha value is -1.10. The van der Waals surface area contributed by atoms with Gasteiger partial charge in [0.05, 0.1) is 13.3 Å². The normalized spacial score (nSPS) is 25.6. The molecule has 1 heterocycles. The van der Waals surface area contributed by atoms with E-state index in [4.69, 9.17) is 4.74 Å². The minimum Gasteiger partial charge on any atom is -0.465 e. The third-order valence-electron chi connectivity index (χ3n) is 2.84. The fourth-order valence-electron chi connectivity index (χ4n) is 1.69. The molecule has 98 valence electrons. The highest BCUT2D eigenvalue weighted by Gasteiger charge is 2.13. The van der Waals surface area contributed by atoms with Crippen LogP contribution in [0.15, 0.2) is 0 Å². The van der Waals surface area contributed by atoms with Crippen LogP contribution in [0.2, 0.25) is 0 Å². The molecule has 5 nitrogen and oxygen atoms in total. The topological polar surface area (TPSA) is 67.4 Å². The van der Waals surface area contributed by atoms with Crippen molar-refractivity contribution >= 4 is 11.9 Å². The van der Waals surface area contributed by atoms with Gasteiger partial charge in [-0.3, -0.25) is 14.9 Å². The lowest BCUT2D eigenvalue weighted by Crippen LogP contribution is -2.42. The van der Waals surface area contributed by atoms with Crippen LogP contribution in [0.5, 0.6) is 0 Å². The Kier molecular flexibility index (Phi) is 6.62. The summed E-state index contributed by atoms with van der Waals surface area (Å²) in [5.41, 5.74) is 0. The van der Waals surface area contributed by atoms with Crippen molar-refractivity contribution in [1.82, 2.24) is 10.6 Å². The number of hydrogen-bond acceptors (Lipinski definition) is 4. The van der Waals surface area contributed by atoms with Gasteiger partial charge in [0.25, 0.3) is 0 Å². The number of esters is 1. The summed E-state index contributed by atoms with van der Waals surface area (Å²) in [5.74, 6) is -0.216. The molecule has 0 spiro atoms. The number of ether oxygens (including phenoxy) is 1. The molecule has 17 heavy (non-hydrogen) atoms. The maximum atomic E-state index is 11.5. The first kappa shape index (κ1) is 14.0. The van der Waals surface area contributed by atoms with Crippen LogP contribution in [-0.4, -0.2) is 31.2 Å². The molecule has 1 fully saturated rings. The number of cyclic esters (lactones) is 1. The zero-order valence-corrected chi connectivity index (χ0v) is 10.5. The van der Waals surface area contributed by atoms with Crippen molar-refractivity contribution in [2.45, 2.75) is 51.5 Å². The number of nitrogens with one attached hydrogen (secondary N) is 2. The fraction of sp³-hybridized carbons (Fsp3) is 0.833. The third kappa shape index (κ3) is 6.26. The van der Waals surface area contributed by atoms with E-state index in [0.29, 0.717) is 19.7 Å². The molecule has 1 atom stereocenters. The van der Waals surface area contributed by atoms with Crippen molar-refractivity contribution in [2.75, 3.05) is 13.3 Å². The summed E-state index contributed by atoms with van der Waals surface area (Å²) < 4.78 is 5.11. The predicted octanol–water partition coefficient (Wildman–Crippen LogP) is 0.936. The minimum atomic E-state index is -0.377. The van der Waals surface area contributed by atoms with E-state index in [1.165, 1.54) is 0 Å². The van der Waals surface area contributed by atoms with Gasteiger partial charge in [0.15, 0.2) is 0 Å². The maximum absolute atomic E-state index is 11.5. The lowest BCUT2D eigenvalue weighted by Gasteiger charge is -2.14. The molecule has 5 heteroatoms. The van der Waals surface area contributed by atoms with E-state index >= 15 is 0 Å². The second-order valence-electron chi connectivity index (χ2n) is 4.39. The van der Waals surface area contributed by atoms with Gasteiger partial charge in [0.1, 0.15) is 6.04 Å². The van der Waals surface area contributed by atoms with Crippen molar-refractivity contribution in [3.05, 3.63) is 0 Å². The number of hydrogen-bond donors (Lipinski definition) is 2. The van der Waals surface area contributed by atoms with Crippen LogP contribution in [0, 0.1) is 0 Å². The van der Waals surface area contributed by atoms with Crippen LogP contribution in [0.25, 0.3) is 0 Å². The molecule has 0 aromatic rings. The van der Waals surface area contributed by atoms with Crippen molar-refractivity contribution in [3.63, 3.8) is 0 Å². The summed E-state index contributed by atoms with van der Waals surface area (Å²) in [5, 5.41) is 5.64. The van der Waals surface area contributed by atoms with Crippen LogP contribution in [-0.2, 0) is 14.3 Å². The number of rotatable bonds is 0. The molecule has 1 aliphatic rings.